The molecule has 2 N–H and O–H groups in total. The molecule has 0 unspecified atom stereocenters. The van der Waals surface area contributed by atoms with E-state index in [1.54, 1.807) is 10.9 Å². The van der Waals surface area contributed by atoms with Crippen molar-refractivity contribution in [2.24, 2.45) is 7.05 Å². The second kappa shape index (κ2) is 6.37. The van der Waals surface area contributed by atoms with Crippen LogP contribution in [0.2, 0.25) is 0 Å². The van der Waals surface area contributed by atoms with Gasteiger partial charge < -0.3 is 5.32 Å². The zero-order valence-electron chi connectivity index (χ0n) is 11.5. The maximum atomic E-state index is 11.8. The molecule has 2 heterocycles. The average molecular weight is 349 g/mol. The molecule has 0 aliphatic carbocycles. The van der Waals surface area contributed by atoms with Gasteiger partial charge in [0.25, 0.3) is 0 Å². The number of nitriles is 1. The number of urea groups is 1. The number of amides is 2. The normalized spacial score (nSPS) is 10.0. The van der Waals surface area contributed by atoms with Crippen LogP contribution in [-0.2, 0) is 13.6 Å². The Labute approximate surface area is 130 Å². The highest BCUT2D eigenvalue weighted by molar-refractivity contribution is 9.10. The molecule has 2 amide bonds. The number of halogens is 1. The van der Waals surface area contributed by atoms with Crippen LogP contribution in [0.5, 0.6) is 0 Å². The number of carbonyl (C=O) groups excluding carboxylic acids is 1. The first kappa shape index (κ1) is 15.0. The molecule has 2 aromatic rings. The van der Waals surface area contributed by atoms with Crippen molar-refractivity contribution in [2.45, 2.75) is 13.5 Å². The molecule has 0 saturated heterocycles. The van der Waals surface area contributed by atoms with Gasteiger partial charge in [0, 0.05) is 31.0 Å². The van der Waals surface area contributed by atoms with Crippen LogP contribution in [0.25, 0.3) is 0 Å². The molecule has 0 aromatic carbocycles. The number of anilines is 1. The van der Waals surface area contributed by atoms with Crippen LogP contribution in [0.15, 0.2) is 22.9 Å². The van der Waals surface area contributed by atoms with Crippen molar-refractivity contribution >= 4 is 27.8 Å². The van der Waals surface area contributed by atoms with Crippen molar-refractivity contribution in [1.29, 1.82) is 5.26 Å². The SMILES string of the molecule is Cc1c(CNC(=O)Nc2cc(C#N)c(Br)cn2)cnn1C. The number of carbonyl (C=O) groups is 1. The Morgan fingerprint density at radius 1 is 1.52 bits per heavy atom. The molecule has 0 radical (unpaired) electrons. The Kier molecular flexibility index (Phi) is 4.55. The number of aryl methyl sites for hydroxylation is 1. The highest BCUT2D eigenvalue weighted by Gasteiger charge is 2.08. The molecular weight excluding hydrogens is 336 g/mol. The largest absolute Gasteiger partial charge is 0.334 e. The fraction of sp³-hybridized carbons (Fsp3) is 0.231. The van der Waals surface area contributed by atoms with Crippen LogP contribution in [0.4, 0.5) is 10.6 Å². The molecule has 8 heteroatoms. The number of nitrogens with zero attached hydrogens (tertiary/aromatic N) is 4. The Hall–Kier alpha value is -2.40. The smallest absolute Gasteiger partial charge is 0.320 e. The topological polar surface area (TPSA) is 95.6 Å². The lowest BCUT2D eigenvalue weighted by molar-refractivity contribution is 0.251. The van der Waals surface area contributed by atoms with Crippen molar-refractivity contribution in [1.82, 2.24) is 20.1 Å². The number of hydrogen-bond acceptors (Lipinski definition) is 4. The molecule has 2 rings (SSSR count). The lowest BCUT2D eigenvalue weighted by Gasteiger charge is -2.07. The molecule has 0 fully saturated rings. The highest BCUT2D eigenvalue weighted by Crippen LogP contribution is 2.17. The minimum absolute atomic E-state index is 0.315. The predicted molar refractivity (Wildman–Crippen MR) is 80.5 cm³/mol. The summed E-state index contributed by atoms with van der Waals surface area (Å²) in [5.41, 5.74) is 2.33. The van der Waals surface area contributed by atoms with E-state index in [9.17, 15) is 4.79 Å². The van der Waals surface area contributed by atoms with E-state index >= 15 is 0 Å². The second-order valence-corrected chi connectivity index (χ2v) is 5.20. The van der Waals surface area contributed by atoms with E-state index in [1.165, 1.54) is 12.3 Å². The van der Waals surface area contributed by atoms with Crippen LogP contribution in [-0.4, -0.2) is 20.8 Å². The summed E-state index contributed by atoms with van der Waals surface area (Å²) in [6, 6.07) is 3.11. The summed E-state index contributed by atoms with van der Waals surface area (Å²) in [5.74, 6) is 0.315. The minimum Gasteiger partial charge on any atom is -0.334 e. The summed E-state index contributed by atoms with van der Waals surface area (Å²) in [4.78, 5) is 15.8. The van der Waals surface area contributed by atoms with Gasteiger partial charge in [0.15, 0.2) is 0 Å². The van der Waals surface area contributed by atoms with Gasteiger partial charge in [-0.05, 0) is 28.9 Å². The molecule has 0 saturated carbocycles. The predicted octanol–water partition coefficient (Wildman–Crippen LogP) is 2.08. The van der Waals surface area contributed by atoms with Crippen LogP contribution in [0, 0.1) is 18.3 Å². The van der Waals surface area contributed by atoms with Crippen molar-refractivity contribution in [2.75, 3.05) is 5.32 Å². The van der Waals surface area contributed by atoms with E-state index in [2.05, 4.69) is 36.6 Å². The first-order valence-electron chi connectivity index (χ1n) is 6.09. The van der Waals surface area contributed by atoms with Gasteiger partial charge in [-0.15, -0.1) is 0 Å². The van der Waals surface area contributed by atoms with Crippen LogP contribution >= 0.6 is 15.9 Å². The van der Waals surface area contributed by atoms with E-state index in [0.29, 0.717) is 22.4 Å². The van der Waals surface area contributed by atoms with Gasteiger partial charge in [0.2, 0.25) is 0 Å². The number of pyridine rings is 1. The summed E-state index contributed by atoms with van der Waals surface area (Å²) in [6.45, 7) is 2.30. The summed E-state index contributed by atoms with van der Waals surface area (Å²) in [6.07, 6.45) is 3.18. The van der Waals surface area contributed by atoms with E-state index in [-0.39, 0.29) is 0 Å². The lowest BCUT2D eigenvalue weighted by atomic mass is 10.2. The third-order valence-corrected chi connectivity index (χ3v) is 3.63. The third-order valence-electron chi connectivity index (χ3n) is 2.99. The molecule has 21 heavy (non-hydrogen) atoms. The van der Waals surface area contributed by atoms with Crippen molar-refractivity contribution in [3.05, 3.63) is 39.8 Å². The molecule has 7 nitrogen and oxygen atoms in total. The summed E-state index contributed by atoms with van der Waals surface area (Å²) in [7, 11) is 1.84. The van der Waals surface area contributed by atoms with Gasteiger partial charge in [-0.3, -0.25) is 10.00 Å². The van der Waals surface area contributed by atoms with Gasteiger partial charge in [0.05, 0.1) is 16.2 Å². The molecule has 2 aromatic heterocycles. The van der Waals surface area contributed by atoms with E-state index < -0.39 is 6.03 Å². The zero-order valence-corrected chi connectivity index (χ0v) is 13.1. The average Bonchev–Trinajstić information content (AvgIpc) is 2.78. The summed E-state index contributed by atoms with van der Waals surface area (Å²) >= 11 is 3.21. The van der Waals surface area contributed by atoms with E-state index in [4.69, 9.17) is 5.26 Å². The van der Waals surface area contributed by atoms with E-state index in [1.807, 2.05) is 20.0 Å². The minimum atomic E-state index is -0.392. The molecule has 0 atom stereocenters. The van der Waals surface area contributed by atoms with Gasteiger partial charge in [-0.2, -0.15) is 10.4 Å². The fourth-order valence-electron chi connectivity index (χ4n) is 1.65. The molecule has 0 aliphatic rings. The first-order valence-corrected chi connectivity index (χ1v) is 6.88. The Bertz CT molecular complexity index is 718. The standard InChI is InChI=1S/C13H13BrN6O/c1-8-10(6-18-20(8)2)5-17-13(21)19-12-3-9(4-15)11(14)7-16-12/h3,6-7H,5H2,1-2H3,(H2,16,17,19,21). The van der Waals surface area contributed by atoms with Gasteiger partial charge in [-0.25, -0.2) is 9.78 Å². The van der Waals surface area contributed by atoms with Gasteiger partial charge >= 0.3 is 6.03 Å². The van der Waals surface area contributed by atoms with Crippen molar-refractivity contribution in [3.63, 3.8) is 0 Å². The van der Waals surface area contributed by atoms with Crippen LogP contribution < -0.4 is 10.6 Å². The van der Waals surface area contributed by atoms with Crippen LogP contribution in [0.1, 0.15) is 16.8 Å². The third kappa shape index (κ3) is 3.58. The van der Waals surface area contributed by atoms with Crippen molar-refractivity contribution < 1.29 is 4.79 Å². The Balaban J connectivity index is 1.96. The summed E-state index contributed by atoms with van der Waals surface area (Å²) in [5, 5.41) is 18.3. The molecule has 108 valence electrons. The van der Waals surface area contributed by atoms with Crippen molar-refractivity contribution in [3.8, 4) is 6.07 Å². The maximum Gasteiger partial charge on any atom is 0.320 e. The molecule has 0 aliphatic heterocycles. The number of rotatable bonds is 3. The highest BCUT2D eigenvalue weighted by atomic mass is 79.9. The van der Waals surface area contributed by atoms with Gasteiger partial charge in [0.1, 0.15) is 11.9 Å². The quantitative estimate of drug-likeness (QED) is 0.887. The maximum absolute atomic E-state index is 11.8. The first-order chi connectivity index (χ1) is 10.0. The number of aromatic nitrogens is 3. The number of hydrogen-bond donors (Lipinski definition) is 2. The fourth-order valence-corrected chi connectivity index (χ4v) is 1.95. The molecular formula is C13H13BrN6O. The molecule has 0 spiro atoms. The number of nitrogens with one attached hydrogen (secondary N) is 2. The van der Waals surface area contributed by atoms with Gasteiger partial charge in [-0.1, -0.05) is 0 Å². The van der Waals surface area contributed by atoms with Crippen LogP contribution in [0.3, 0.4) is 0 Å². The van der Waals surface area contributed by atoms with E-state index in [0.717, 1.165) is 11.3 Å². The zero-order chi connectivity index (χ0) is 15.4. The lowest BCUT2D eigenvalue weighted by Crippen LogP contribution is -2.28. The molecule has 0 bridgehead atoms. The second-order valence-electron chi connectivity index (χ2n) is 4.35. The summed E-state index contributed by atoms with van der Waals surface area (Å²) < 4.78 is 2.33. The monoisotopic (exact) mass is 348 g/mol. The Morgan fingerprint density at radius 3 is 2.90 bits per heavy atom. The Morgan fingerprint density at radius 2 is 2.29 bits per heavy atom.